The molecule has 0 bridgehead atoms. The first-order valence-electron chi connectivity index (χ1n) is 4.60. The van der Waals surface area contributed by atoms with Crippen LogP contribution >= 0.6 is 38.6 Å². The van der Waals surface area contributed by atoms with Gasteiger partial charge in [-0.1, -0.05) is 0 Å². The molecule has 2 nitrogen and oxygen atoms in total. The van der Waals surface area contributed by atoms with Crippen molar-refractivity contribution in [3.63, 3.8) is 0 Å². The average Bonchev–Trinajstić information content (AvgIpc) is 2.84. The van der Waals surface area contributed by atoms with Crippen LogP contribution in [0.25, 0.3) is 0 Å². The summed E-state index contributed by atoms with van der Waals surface area (Å²) in [6, 6.07) is 2.52. The highest BCUT2D eigenvalue weighted by atomic mass is 79.9. The first kappa shape index (κ1) is 11.3. The molecule has 5 heteroatoms. The van der Waals surface area contributed by atoms with Crippen LogP contribution < -0.4 is 5.32 Å². The molecule has 1 unspecified atom stereocenters. The van der Waals surface area contributed by atoms with Gasteiger partial charge in [0.15, 0.2) is 0 Å². The zero-order chi connectivity index (χ0) is 10.7. The topological polar surface area (TPSA) is 24.9 Å². The van der Waals surface area contributed by atoms with E-state index < -0.39 is 0 Å². The van der Waals surface area contributed by atoms with E-state index in [0.29, 0.717) is 6.04 Å². The van der Waals surface area contributed by atoms with Crippen LogP contribution in [0.1, 0.15) is 22.7 Å². The van der Waals surface area contributed by atoms with Crippen molar-refractivity contribution in [2.75, 3.05) is 0 Å². The molecule has 0 radical (unpaired) electrons. The van der Waals surface area contributed by atoms with E-state index in [0.717, 1.165) is 11.0 Å². The van der Waals surface area contributed by atoms with Crippen LogP contribution in [0.2, 0.25) is 0 Å². The molecule has 0 amide bonds. The standard InChI is InChI=1S/C10H11BrN2S2/c1-7(10-4-12-6-15-10)13-3-9-2-8(11)5-14-9/h2,4-7,13H,3H2,1H3. The van der Waals surface area contributed by atoms with Crippen molar-refractivity contribution < 1.29 is 0 Å². The van der Waals surface area contributed by atoms with Gasteiger partial charge < -0.3 is 5.32 Å². The number of aromatic nitrogens is 1. The van der Waals surface area contributed by atoms with Gasteiger partial charge in [0.2, 0.25) is 0 Å². The lowest BCUT2D eigenvalue weighted by Gasteiger charge is -2.09. The van der Waals surface area contributed by atoms with E-state index in [1.54, 1.807) is 22.7 Å². The molecule has 2 rings (SSSR count). The molecule has 1 atom stereocenters. The predicted molar refractivity (Wildman–Crippen MR) is 69.4 cm³/mol. The molecule has 2 aromatic rings. The van der Waals surface area contributed by atoms with Gasteiger partial charge in [0.05, 0.1) is 5.51 Å². The summed E-state index contributed by atoms with van der Waals surface area (Å²) in [6.07, 6.45) is 1.92. The summed E-state index contributed by atoms with van der Waals surface area (Å²) in [5.41, 5.74) is 1.87. The van der Waals surface area contributed by atoms with Crippen LogP contribution in [0, 0.1) is 0 Å². The maximum absolute atomic E-state index is 4.08. The van der Waals surface area contributed by atoms with E-state index in [9.17, 15) is 0 Å². The van der Waals surface area contributed by atoms with Gasteiger partial charge in [-0.3, -0.25) is 4.98 Å². The van der Waals surface area contributed by atoms with Crippen molar-refractivity contribution in [1.82, 2.24) is 10.3 Å². The van der Waals surface area contributed by atoms with Gasteiger partial charge in [0, 0.05) is 38.4 Å². The molecule has 0 saturated heterocycles. The van der Waals surface area contributed by atoms with E-state index in [-0.39, 0.29) is 0 Å². The fourth-order valence-corrected chi connectivity index (χ4v) is 3.29. The van der Waals surface area contributed by atoms with E-state index in [4.69, 9.17) is 0 Å². The first-order valence-corrected chi connectivity index (χ1v) is 7.15. The number of nitrogens with one attached hydrogen (secondary N) is 1. The predicted octanol–water partition coefficient (Wildman–Crippen LogP) is 3.82. The lowest BCUT2D eigenvalue weighted by molar-refractivity contribution is 0.586. The molecule has 0 fully saturated rings. The van der Waals surface area contributed by atoms with E-state index in [2.05, 4.69) is 44.6 Å². The van der Waals surface area contributed by atoms with Gasteiger partial charge in [-0.15, -0.1) is 22.7 Å². The van der Waals surface area contributed by atoms with Crippen molar-refractivity contribution in [2.45, 2.75) is 19.5 Å². The van der Waals surface area contributed by atoms with Crippen LogP contribution in [0.15, 0.2) is 27.6 Å². The summed E-state index contributed by atoms with van der Waals surface area (Å²) in [5, 5.41) is 5.58. The Balaban J connectivity index is 1.88. The Morgan fingerprint density at radius 3 is 3.00 bits per heavy atom. The van der Waals surface area contributed by atoms with Gasteiger partial charge in [0.1, 0.15) is 0 Å². The lowest BCUT2D eigenvalue weighted by Crippen LogP contribution is -2.16. The molecule has 0 saturated carbocycles. The van der Waals surface area contributed by atoms with E-state index in [1.807, 2.05) is 11.7 Å². The summed E-state index contributed by atoms with van der Waals surface area (Å²) in [5.74, 6) is 0. The Bertz CT molecular complexity index is 411. The van der Waals surface area contributed by atoms with E-state index >= 15 is 0 Å². The molecule has 1 N–H and O–H groups in total. The number of halogens is 1. The Morgan fingerprint density at radius 2 is 2.40 bits per heavy atom. The third-order valence-electron chi connectivity index (χ3n) is 2.08. The quantitative estimate of drug-likeness (QED) is 0.929. The van der Waals surface area contributed by atoms with E-state index in [1.165, 1.54) is 9.75 Å². The van der Waals surface area contributed by atoms with Crippen molar-refractivity contribution in [1.29, 1.82) is 0 Å². The van der Waals surface area contributed by atoms with Crippen LogP contribution in [0.5, 0.6) is 0 Å². The maximum atomic E-state index is 4.08. The number of hydrogen-bond donors (Lipinski definition) is 1. The Hall–Kier alpha value is -0.230. The maximum Gasteiger partial charge on any atom is 0.0794 e. The highest BCUT2D eigenvalue weighted by molar-refractivity contribution is 9.10. The number of thiazole rings is 1. The molecule has 0 aliphatic carbocycles. The Labute approximate surface area is 106 Å². The third kappa shape index (κ3) is 3.11. The summed E-state index contributed by atoms with van der Waals surface area (Å²) >= 11 is 6.91. The zero-order valence-corrected chi connectivity index (χ0v) is 11.5. The first-order chi connectivity index (χ1) is 7.25. The molecular weight excluding hydrogens is 292 g/mol. The summed E-state index contributed by atoms with van der Waals surface area (Å²) in [4.78, 5) is 6.70. The second-order valence-corrected chi connectivity index (χ2v) is 6.07. The normalized spacial score (nSPS) is 12.9. The largest absolute Gasteiger partial charge is 0.304 e. The van der Waals surface area contributed by atoms with Gasteiger partial charge in [-0.2, -0.15) is 0 Å². The summed E-state index contributed by atoms with van der Waals surface area (Å²) < 4.78 is 1.16. The van der Waals surface area contributed by atoms with Gasteiger partial charge in [0.25, 0.3) is 0 Å². The van der Waals surface area contributed by atoms with Crippen molar-refractivity contribution in [3.8, 4) is 0 Å². The minimum absolute atomic E-state index is 0.373. The number of rotatable bonds is 4. The SMILES string of the molecule is CC(NCc1cc(Br)cs1)c1cncs1. The summed E-state index contributed by atoms with van der Waals surface area (Å²) in [6.45, 7) is 3.07. The number of thiophene rings is 1. The second-order valence-electron chi connectivity index (χ2n) is 3.24. The van der Waals surface area contributed by atoms with Gasteiger partial charge in [-0.25, -0.2) is 0 Å². The Morgan fingerprint density at radius 1 is 1.53 bits per heavy atom. The van der Waals surface area contributed by atoms with Crippen LogP contribution in [0.3, 0.4) is 0 Å². The minimum Gasteiger partial charge on any atom is -0.304 e. The number of hydrogen-bond acceptors (Lipinski definition) is 4. The monoisotopic (exact) mass is 302 g/mol. The molecular formula is C10H11BrN2S2. The van der Waals surface area contributed by atoms with Crippen LogP contribution in [-0.2, 0) is 6.54 Å². The molecule has 2 aromatic heterocycles. The van der Waals surface area contributed by atoms with Crippen LogP contribution in [0.4, 0.5) is 0 Å². The average molecular weight is 303 g/mol. The molecule has 80 valence electrons. The van der Waals surface area contributed by atoms with Crippen molar-refractivity contribution in [3.05, 3.63) is 37.4 Å². The molecule has 15 heavy (non-hydrogen) atoms. The molecule has 0 aliphatic heterocycles. The second kappa shape index (κ2) is 5.21. The van der Waals surface area contributed by atoms with Gasteiger partial charge in [-0.05, 0) is 28.9 Å². The van der Waals surface area contributed by atoms with Crippen LogP contribution in [-0.4, -0.2) is 4.98 Å². The molecule has 0 spiro atoms. The molecule has 0 aliphatic rings. The third-order valence-corrected chi connectivity index (χ3v) is 4.74. The van der Waals surface area contributed by atoms with Gasteiger partial charge >= 0.3 is 0 Å². The minimum atomic E-state index is 0.373. The smallest absolute Gasteiger partial charge is 0.0794 e. The lowest BCUT2D eigenvalue weighted by atomic mass is 10.3. The Kier molecular flexibility index (Phi) is 3.91. The fourth-order valence-electron chi connectivity index (χ4n) is 1.24. The van der Waals surface area contributed by atoms with Crippen molar-refractivity contribution in [2.24, 2.45) is 0 Å². The summed E-state index contributed by atoms with van der Waals surface area (Å²) in [7, 11) is 0. The fraction of sp³-hybridized carbons (Fsp3) is 0.300. The number of nitrogens with zero attached hydrogens (tertiary/aromatic N) is 1. The highest BCUT2D eigenvalue weighted by Gasteiger charge is 2.06. The highest BCUT2D eigenvalue weighted by Crippen LogP contribution is 2.21. The zero-order valence-electron chi connectivity index (χ0n) is 8.24. The van der Waals surface area contributed by atoms with Crippen molar-refractivity contribution >= 4 is 38.6 Å². The molecule has 0 aromatic carbocycles. The molecule has 2 heterocycles.